The number of carboxylic acids is 3. The first kappa shape index (κ1) is 60.7. The van der Waals surface area contributed by atoms with Crippen LogP contribution in [0.4, 0.5) is 0 Å². The molecular formula is C48H69N9O15. The van der Waals surface area contributed by atoms with Gasteiger partial charge in [0.25, 0.3) is 0 Å². The van der Waals surface area contributed by atoms with Crippen LogP contribution in [0.2, 0.25) is 0 Å². The molecule has 10 atom stereocenters. The summed E-state index contributed by atoms with van der Waals surface area (Å²) < 4.78 is 0. The predicted octanol–water partition coefficient (Wildman–Crippen LogP) is -1.77. The van der Waals surface area contributed by atoms with E-state index in [1.807, 2.05) is 19.9 Å². The van der Waals surface area contributed by atoms with E-state index in [0.29, 0.717) is 12.0 Å². The van der Waals surface area contributed by atoms with Gasteiger partial charge in [0.15, 0.2) is 0 Å². The molecule has 0 aliphatic heterocycles. The Balaban J connectivity index is 2.24. The van der Waals surface area contributed by atoms with Crippen molar-refractivity contribution in [1.82, 2.24) is 42.5 Å². The molecule has 396 valence electrons. The highest BCUT2D eigenvalue weighted by Gasteiger charge is 2.36. The van der Waals surface area contributed by atoms with Crippen LogP contribution in [-0.4, -0.2) is 147 Å². The summed E-state index contributed by atoms with van der Waals surface area (Å²) in [6.45, 7) is 8.40. The number of aliphatic hydroxyl groups is 1. The van der Waals surface area contributed by atoms with Gasteiger partial charge < -0.3 is 68.7 Å². The van der Waals surface area contributed by atoms with Gasteiger partial charge in [-0.1, -0.05) is 94.8 Å². The number of aliphatic hydroxyl groups excluding tert-OH is 1. The van der Waals surface area contributed by atoms with Crippen molar-refractivity contribution in [2.24, 2.45) is 17.6 Å². The number of amides is 8. The highest BCUT2D eigenvalue weighted by Crippen LogP contribution is 2.11. The number of benzene rings is 2. The number of nitrogens with two attached hydrogens (primary N) is 1. The fraction of sp³-hybridized carbons (Fsp3) is 0.521. The maximum atomic E-state index is 13.9. The Kier molecular flexibility index (Phi) is 25.5. The minimum Gasteiger partial charge on any atom is -0.481 e. The molecule has 2 aromatic carbocycles. The van der Waals surface area contributed by atoms with E-state index in [9.17, 15) is 73.2 Å². The Morgan fingerprint density at radius 2 is 1.06 bits per heavy atom. The Morgan fingerprint density at radius 3 is 1.57 bits per heavy atom. The number of rotatable bonds is 31. The molecule has 0 aromatic heterocycles. The average Bonchev–Trinajstić information content (AvgIpc) is 3.31. The summed E-state index contributed by atoms with van der Waals surface area (Å²) in [6.07, 6.45) is -3.28. The Hall–Kier alpha value is -7.47. The molecule has 24 heteroatoms. The van der Waals surface area contributed by atoms with Crippen LogP contribution in [-0.2, 0) is 65.6 Å². The van der Waals surface area contributed by atoms with Gasteiger partial charge in [-0.2, -0.15) is 0 Å². The molecule has 0 saturated heterocycles. The molecule has 24 nitrogen and oxygen atoms in total. The number of hydrogen-bond donors (Lipinski definition) is 13. The second kappa shape index (κ2) is 30.3. The van der Waals surface area contributed by atoms with E-state index >= 15 is 0 Å². The van der Waals surface area contributed by atoms with Crippen molar-refractivity contribution in [3.63, 3.8) is 0 Å². The molecule has 0 bridgehead atoms. The third-order valence-corrected chi connectivity index (χ3v) is 11.2. The van der Waals surface area contributed by atoms with Crippen LogP contribution in [0.3, 0.4) is 0 Å². The van der Waals surface area contributed by atoms with Gasteiger partial charge in [-0.25, -0.2) is 4.79 Å². The first-order valence-electron chi connectivity index (χ1n) is 23.4. The third kappa shape index (κ3) is 21.7. The zero-order chi connectivity index (χ0) is 54.2. The molecule has 0 aliphatic rings. The SMILES string of the molecule is CC[C@H](C)[C@H](NC(=O)[C@H](CC(=O)O)NC(=O)[C@@H](NC(=O)[C@H](C)NC(=O)[C@H](Cc1ccccc1)NC(=O)[C@H](CCC(=O)O)NC(=O)CNC(=O)[C@H](CC(C)C)NC(=O)[C@@H](N)Cc1ccccc1)[C@@H](C)O)C(=O)O. The molecule has 0 saturated carbocycles. The van der Waals surface area contributed by atoms with Gasteiger partial charge >= 0.3 is 17.9 Å². The summed E-state index contributed by atoms with van der Waals surface area (Å²) >= 11 is 0. The minimum atomic E-state index is -1.85. The summed E-state index contributed by atoms with van der Waals surface area (Å²) in [4.78, 5) is 142. The molecule has 0 spiro atoms. The largest absolute Gasteiger partial charge is 0.481 e. The van der Waals surface area contributed by atoms with Crippen LogP contribution in [0, 0.1) is 11.8 Å². The standard InChI is InChI=1S/C48H69N9O15/c1-7-26(4)39(48(71)72)56-46(69)35(23-38(62)63)55-47(70)40(28(6)58)57-41(64)27(5)51-45(68)34(22-30-16-12-9-13-17-30)54-44(67)32(18-19-37(60)61)52-36(59)24-50-43(66)33(20-25(2)3)53-42(65)31(49)21-29-14-10-8-11-15-29/h8-17,25-28,31-35,39-40,58H,7,18-24,49H2,1-6H3,(H,50,66)(H,51,68)(H,52,59)(H,53,65)(H,54,67)(H,55,70)(H,56,69)(H,57,64)(H,60,61)(H,62,63)(H,71,72)/t26-,27-,28+,31-,32-,33-,34-,35-,39-,40-/m0/s1. The second-order valence-electron chi connectivity index (χ2n) is 17.8. The van der Waals surface area contributed by atoms with Crippen molar-refractivity contribution in [2.45, 2.75) is 141 Å². The highest BCUT2D eigenvalue weighted by molar-refractivity contribution is 5.98. The molecule has 72 heavy (non-hydrogen) atoms. The van der Waals surface area contributed by atoms with Gasteiger partial charge in [-0.15, -0.1) is 0 Å². The number of carboxylic acid groups (broad SMARTS) is 3. The molecule has 8 amide bonds. The van der Waals surface area contributed by atoms with Gasteiger partial charge in [0.2, 0.25) is 47.3 Å². The summed E-state index contributed by atoms with van der Waals surface area (Å²) in [5.41, 5.74) is 7.43. The molecule has 14 N–H and O–H groups in total. The monoisotopic (exact) mass is 1010 g/mol. The van der Waals surface area contributed by atoms with Crippen molar-refractivity contribution >= 4 is 65.2 Å². The van der Waals surface area contributed by atoms with Crippen molar-refractivity contribution in [2.75, 3.05) is 6.54 Å². The Morgan fingerprint density at radius 1 is 0.542 bits per heavy atom. The molecular weight excluding hydrogens is 943 g/mol. The van der Waals surface area contributed by atoms with E-state index < -0.39 is 151 Å². The third-order valence-electron chi connectivity index (χ3n) is 11.2. The van der Waals surface area contributed by atoms with Crippen LogP contribution in [0.25, 0.3) is 0 Å². The maximum Gasteiger partial charge on any atom is 0.326 e. The first-order chi connectivity index (χ1) is 33.8. The van der Waals surface area contributed by atoms with E-state index in [0.717, 1.165) is 12.5 Å². The fourth-order valence-corrected chi connectivity index (χ4v) is 6.99. The number of nitrogens with one attached hydrogen (secondary N) is 8. The second-order valence-corrected chi connectivity index (χ2v) is 17.8. The summed E-state index contributed by atoms with van der Waals surface area (Å²) in [6, 6.07) is 5.38. The predicted molar refractivity (Wildman–Crippen MR) is 258 cm³/mol. The lowest BCUT2D eigenvalue weighted by atomic mass is 9.98. The molecule has 0 fully saturated rings. The fourth-order valence-electron chi connectivity index (χ4n) is 6.99. The topological polar surface area (TPSA) is 391 Å². The molecule has 0 aliphatic carbocycles. The van der Waals surface area contributed by atoms with Gasteiger partial charge in [-0.3, -0.25) is 47.9 Å². The maximum absolute atomic E-state index is 13.9. The van der Waals surface area contributed by atoms with Crippen LogP contribution in [0.5, 0.6) is 0 Å². The normalized spacial score (nSPS) is 15.2. The summed E-state index contributed by atoms with van der Waals surface area (Å²) in [5.74, 6) is -12.7. The zero-order valence-electron chi connectivity index (χ0n) is 41.1. The Labute approximate surface area is 416 Å². The molecule has 2 aromatic rings. The first-order valence-corrected chi connectivity index (χ1v) is 23.4. The lowest BCUT2D eigenvalue weighted by Gasteiger charge is -2.27. The summed E-state index contributed by atoms with van der Waals surface area (Å²) in [5, 5.41) is 57.9. The number of hydrogen-bond acceptors (Lipinski definition) is 13. The molecule has 0 radical (unpaired) electrons. The van der Waals surface area contributed by atoms with Crippen LogP contribution in [0.1, 0.15) is 84.8 Å². The number of carbonyl (C=O) groups is 11. The molecule has 2 rings (SSSR count). The van der Waals surface area contributed by atoms with Gasteiger partial charge in [0.1, 0.15) is 42.3 Å². The van der Waals surface area contributed by atoms with Crippen LogP contribution >= 0.6 is 0 Å². The van der Waals surface area contributed by atoms with E-state index in [2.05, 4.69) is 42.5 Å². The zero-order valence-corrected chi connectivity index (χ0v) is 41.1. The van der Waals surface area contributed by atoms with Crippen molar-refractivity contribution in [3.05, 3.63) is 71.8 Å². The molecule has 0 heterocycles. The Bertz CT molecular complexity index is 2200. The quantitative estimate of drug-likeness (QED) is 0.0397. The van der Waals surface area contributed by atoms with E-state index in [4.69, 9.17) is 5.73 Å². The number of carbonyl (C=O) groups excluding carboxylic acids is 8. The van der Waals surface area contributed by atoms with E-state index in [1.54, 1.807) is 61.5 Å². The lowest BCUT2D eigenvalue weighted by Crippen LogP contribution is -2.61. The van der Waals surface area contributed by atoms with Gasteiger partial charge in [-0.05, 0) is 56.1 Å². The van der Waals surface area contributed by atoms with E-state index in [-0.39, 0.29) is 25.2 Å². The van der Waals surface area contributed by atoms with Crippen molar-refractivity contribution in [1.29, 1.82) is 0 Å². The smallest absolute Gasteiger partial charge is 0.326 e. The minimum absolute atomic E-state index is 0.0847. The van der Waals surface area contributed by atoms with Gasteiger partial charge in [0.05, 0.1) is 25.1 Å². The summed E-state index contributed by atoms with van der Waals surface area (Å²) in [7, 11) is 0. The molecule has 0 unspecified atom stereocenters. The van der Waals surface area contributed by atoms with Crippen molar-refractivity contribution in [3.8, 4) is 0 Å². The number of aliphatic carboxylic acids is 3. The highest BCUT2D eigenvalue weighted by atomic mass is 16.4. The lowest BCUT2D eigenvalue weighted by molar-refractivity contribution is -0.145. The van der Waals surface area contributed by atoms with Crippen molar-refractivity contribution < 1.29 is 73.2 Å². The van der Waals surface area contributed by atoms with Gasteiger partial charge in [0, 0.05) is 12.8 Å². The average molecular weight is 1010 g/mol. The van der Waals surface area contributed by atoms with E-state index in [1.165, 1.54) is 13.8 Å². The van der Waals surface area contributed by atoms with Crippen LogP contribution in [0.15, 0.2) is 60.7 Å². The van der Waals surface area contributed by atoms with Crippen LogP contribution < -0.4 is 48.3 Å².